The minimum atomic E-state index is 0.0239. The molecular weight excluding hydrogens is 262 g/mol. The molecule has 2 aromatic rings. The van der Waals surface area contributed by atoms with Crippen molar-refractivity contribution in [3.8, 4) is 11.5 Å². The summed E-state index contributed by atoms with van der Waals surface area (Å²) in [7, 11) is 1.68. The zero-order chi connectivity index (χ0) is 15.1. The van der Waals surface area contributed by atoms with Crippen molar-refractivity contribution in [3.63, 3.8) is 0 Å². The first-order valence-corrected chi connectivity index (χ1v) is 7.14. The van der Waals surface area contributed by atoms with E-state index >= 15 is 0 Å². The summed E-state index contributed by atoms with van der Waals surface area (Å²) in [4.78, 5) is 4.63. The molecular formula is C18H21NO2. The molecule has 0 aliphatic carbocycles. The minimum absolute atomic E-state index is 0.0239. The van der Waals surface area contributed by atoms with Crippen LogP contribution in [-0.4, -0.2) is 19.9 Å². The monoisotopic (exact) mass is 283 g/mol. The third-order valence-electron chi connectivity index (χ3n) is 3.25. The Morgan fingerprint density at radius 3 is 2.43 bits per heavy atom. The lowest BCUT2D eigenvalue weighted by atomic mass is 10.1. The molecule has 0 aromatic heterocycles. The molecule has 0 amide bonds. The molecule has 0 heterocycles. The fourth-order valence-electron chi connectivity index (χ4n) is 2.16. The van der Waals surface area contributed by atoms with Gasteiger partial charge in [0.15, 0.2) is 0 Å². The van der Waals surface area contributed by atoms with Crippen molar-refractivity contribution in [3.05, 3.63) is 59.7 Å². The third-order valence-corrected chi connectivity index (χ3v) is 3.25. The van der Waals surface area contributed by atoms with E-state index in [-0.39, 0.29) is 6.04 Å². The van der Waals surface area contributed by atoms with Crippen LogP contribution in [0.1, 0.15) is 31.0 Å². The number of para-hydroxylation sites is 2. The van der Waals surface area contributed by atoms with Crippen LogP contribution in [-0.2, 0) is 0 Å². The molecule has 110 valence electrons. The molecule has 3 nitrogen and oxygen atoms in total. The Bertz CT molecular complexity index is 608. The van der Waals surface area contributed by atoms with Gasteiger partial charge in [-0.3, -0.25) is 4.99 Å². The van der Waals surface area contributed by atoms with Crippen molar-refractivity contribution in [2.75, 3.05) is 13.7 Å². The van der Waals surface area contributed by atoms with Crippen LogP contribution in [0.5, 0.6) is 11.5 Å². The van der Waals surface area contributed by atoms with E-state index in [2.05, 4.69) is 11.9 Å². The lowest BCUT2D eigenvalue weighted by Crippen LogP contribution is -1.98. The molecule has 0 spiro atoms. The van der Waals surface area contributed by atoms with Crippen molar-refractivity contribution < 1.29 is 9.47 Å². The van der Waals surface area contributed by atoms with Gasteiger partial charge in [-0.25, -0.2) is 0 Å². The number of aliphatic imine (C=N–C) groups is 1. The fourth-order valence-corrected chi connectivity index (χ4v) is 2.16. The highest BCUT2D eigenvalue weighted by molar-refractivity contribution is 5.83. The van der Waals surface area contributed by atoms with Crippen LogP contribution in [0, 0.1) is 0 Å². The van der Waals surface area contributed by atoms with E-state index < -0.39 is 0 Å². The van der Waals surface area contributed by atoms with Gasteiger partial charge in [0.2, 0.25) is 0 Å². The van der Waals surface area contributed by atoms with E-state index in [4.69, 9.17) is 9.47 Å². The van der Waals surface area contributed by atoms with E-state index in [0.717, 1.165) is 22.6 Å². The van der Waals surface area contributed by atoms with Crippen LogP contribution in [0.2, 0.25) is 0 Å². The molecule has 0 aliphatic heterocycles. The molecule has 2 rings (SSSR count). The maximum Gasteiger partial charge on any atom is 0.128 e. The van der Waals surface area contributed by atoms with Crippen molar-refractivity contribution in [1.82, 2.24) is 0 Å². The highest BCUT2D eigenvalue weighted by Gasteiger charge is 2.09. The average molecular weight is 283 g/mol. The molecule has 3 heteroatoms. The largest absolute Gasteiger partial charge is 0.496 e. The van der Waals surface area contributed by atoms with E-state index in [1.54, 1.807) is 7.11 Å². The first-order valence-electron chi connectivity index (χ1n) is 7.14. The number of benzene rings is 2. The Morgan fingerprint density at radius 2 is 1.71 bits per heavy atom. The standard InChI is InChI=1S/C18H21NO2/c1-4-21-17-11-7-5-9-15(17)13-19-14(2)16-10-6-8-12-18(16)20-3/h5-14H,4H2,1-3H3. The van der Waals surface area contributed by atoms with Gasteiger partial charge in [-0.2, -0.15) is 0 Å². The van der Waals surface area contributed by atoms with Crippen LogP contribution in [0.3, 0.4) is 0 Å². The average Bonchev–Trinajstić information content (AvgIpc) is 2.54. The topological polar surface area (TPSA) is 30.8 Å². The van der Waals surface area contributed by atoms with E-state index in [1.807, 2.05) is 61.7 Å². The zero-order valence-electron chi connectivity index (χ0n) is 12.7. The molecule has 0 saturated heterocycles. The Balaban J connectivity index is 2.21. The Kier molecular flexibility index (Phi) is 5.38. The molecule has 0 aliphatic rings. The summed E-state index contributed by atoms with van der Waals surface area (Å²) in [5.41, 5.74) is 2.06. The number of rotatable bonds is 6. The normalized spacial score (nSPS) is 12.3. The molecule has 0 saturated carbocycles. The van der Waals surface area contributed by atoms with Crippen LogP contribution < -0.4 is 9.47 Å². The van der Waals surface area contributed by atoms with Gasteiger partial charge in [0.25, 0.3) is 0 Å². The number of methoxy groups -OCH3 is 1. The predicted molar refractivity (Wildman–Crippen MR) is 86.6 cm³/mol. The molecule has 1 unspecified atom stereocenters. The molecule has 2 aromatic carbocycles. The zero-order valence-corrected chi connectivity index (χ0v) is 12.7. The molecule has 0 N–H and O–H groups in total. The summed E-state index contributed by atoms with van der Waals surface area (Å²) in [6.45, 7) is 4.68. The number of ether oxygens (including phenoxy) is 2. The Labute approximate surface area is 126 Å². The smallest absolute Gasteiger partial charge is 0.128 e. The second-order valence-electron chi connectivity index (χ2n) is 4.67. The molecule has 0 radical (unpaired) electrons. The van der Waals surface area contributed by atoms with Gasteiger partial charge in [0.05, 0.1) is 19.8 Å². The molecule has 0 fully saturated rings. The van der Waals surface area contributed by atoms with Gasteiger partial charge in [-0.1, -0.05) is 30.3 Å². The first kappa shape index (κ1) is 15.1. The van der Waals surface area contributed by atoms with Crippen LogP contribution >= 0.6 is 0 Å². The number of hydrogen-bond acceptors (Lipinski definition) is 3. The Hall–Kier alpha value is -2.29. The molecule has 1 atom stereocenters. The number of nitrogens with zero attached hydrogens (tertiary/aromatic N) is 1. The van der Waals surface area contributed by atoms with Crippen LogP contribution in [0.25, 0.3) is 0 Å². The highest BCUT2D eigenvalue weighted by atomic mass is 16.5. The van der Waals surface area contributed by atoms with E-state index in [0.29, 0.717) is 6.61 Å². The molecule has 21 heavy (non-hydrogen) atoms. The second kappa shape index (κ2) is 7.48. The van der Waals surface area contributed by atoms with Gasteiger partial charge < -0.3 is 9.47 Å². The van der Waals surface area contributed by atoms with Gasteiger partial charge in [-0.05, 0) is 32.0 Å². The second-order valence-corrected chi connectivity index (χ2v) is 4.67. The SMILES string of the molecule is CCOc1ccccc1C=NC(C)c1ccccc1OC. The summed E-state index contributed by atoms with van der Waals surface area (Å²) in [6.07, 6.45) is 1.86. The summed E-state index contributed by atoms with van der Waals surface area (Å²) in [5, 5.41) is 0. The van der Waals surface area contributed by atoms with Gasteiger partial charge >= 0.3 is 0 Å². The molecule has 0 bridgehead atoms. The maximum absolute atomic E-state index is 5.60. The van der Waals surface area contributed by atoms with E-state index in [1.165, 1.54) is 0 Å². The maximum atomic E-state index is 5.60. The van der Waals surface area contributed by atoms with E-state index in [9.17, 15) is 0 Å². The predicted octanol–water partition coefficient (Wildman–Crippen LogP) is 4.27. The van der Waals surface area contributed by atoms with Crippen molar-refractivity contribution in [2.24, 2.45) is 4.99 Å². The van der Waals surface area contributed by atoms with Crippen molar-refractivity contribution >= 4 is 6.21 Å². The third kappa shape index (κ3) is 3.85. The van der Waals surface area contributed by atoms with Crippen molar-refractivity contribution in [2.45, 2.75) is 19.9 Å². The minimum Gasteiger partial charge on any atom is -0.496 e. The number of hydrogen-bond donors (Lipinski definition) is 0. The fraction of sp³-hybridized carbons (Fsp3) is 0.278. The van der Waals surface area contributed by atoms with Crippen LogP contribution in [0.15, 0.2) is 53.5 Å². The van der Waals surface area contributed by atoms with Crippen LogP contribution in [0.4, 0.5) is 0 Å². The van der Waals surface area contributed by atoms with Gasteiger partial charge in [0.1, 0.15) is 11.5 Å². The summed E-state index contributed by atoms with van der Waals surface area (Å²) >= 11 is 0. The Morgan fingerprint density at radius 1 is 1.05 bits per heavy atom. The highest BCUT2D eigenvalue weighted by Crippen LogP contribution is 2.27. The quantitative estimate of drug-likeness (QED) is 0.741. The lowest BCUT2D eigenvalue weighted by Gasteiger charge is -2.12. The van der Waals surface area contributed by atoms with Crippen molar-refractivity contribution in [1.29, 1.82) is 0 Å². The summed E-state index contributed by atoms with van der Waals surface area (Å²) in [6, 6.07) is 15.9. The van der Waals surface area contributed by atoms with Gasteiger partial charge in [-0.15, -0.1) is 0 Å². The summed E-state index contributed by atoms with van der Waals surface area (Å²) < 4.78 is 11.0. The lowest BCUT2D eigenvalue weighted by molar-refractivity contribution is 0.340. The summed E-state index contributed by atoms with van der Waals surface area (Å²) in [5.74, 6) is 1.72. The van der Waals surface area contributed by atoms with Gasteiger partial charge in [0, 0.05) is 17.3 Å². The first-order chi connectivity index (χ1) is 10.3.